The molecule has 1 aliphatic rings. The zero-order valence-electron chi connectivity index (χ0n) is 12.4. The van der Waals surface area contributed by atoms with Gasteiger partial charge in [0.2, 0.25) is 0 Å². The summed E-state index contributed by atoms with van der Waals surface area (Å²) in [6, 6.07) is 5.61. The Kier molecular flexibility index (Phi) is 4.88. The molecule has 110 valence electrons. The zero-order valence-corrected chi connectivity index (χ0v) is 12.4. The lowest BCUT2D eigenvalue weighted by molar-refractivity contribution is 0.0527. The first-order valence-corrected chi connectivity index (χ1v) is 7.47. The highest BCUT2D eigenvalue weighted by Gasteiger charge is 2.22. The van der Waals surface area contributed by atoms with E-state index in [2.05, 4.69) is 11.8 Å². The maximum Gasteiger partial charge on any atom is 0.340 e. The van der Waals surface area contributed by atoms with Crippen molar-refractivity contribution < 1.29 is 9.53 Å². The van der Waals surface area contributed by atoms with Crippen LogP contribution in [0.25, 0.3) is 0 Å². The van der Waals surface area contributed by atoms with Gasteiger partial charge in [-0.3, -0.25) is 0 Å². The van der Waals surface area contributed by atoms with Crippen molar-refractivity contribution in [2.24, 2.45) is 5.92 Å². The number of carbonyl (C=O) groups excluding carboxylic acids is 1. The molecule has 1 aromatic carbocycles. The molecule has 0 aromatic heterocycles. The number of hydrogen-bond acceptors (Lipinski definition) is 4. The van der Waals surface area contributed by atoms with E-state index in [0.29, 0.717) is 17.9 Å². The highest BCUT2D eigenvalue weighted by Crippen LogP contribution is 2.31. The molecule has 1 atom stereocenters. The molecule has 0 saturated carbocycles. The first-order valence-electron chi connectivity index (χ1n) is 7.47. The van der Waals surface area contributed by atoms with E-state index >= 15 is 0 Å². The number of nitrogens with zero attached hydrogens (tertiary/aromatic N) is 1. The van der Waals surface area contributed by atoms with Crippen molar-refractivity contribution >= 4 is 17.3 Å². The molecule has 20 heavy (non-hydrogen) atoms. The van der Waals surface area contributed by atoms with Crippen molar-refractivity contribution in [3.8, 4) is 0 Å². The summed E-state index contributed by atoms with van der Waals surface area (Å²) in [5.74, 6) is 0.380. The number of para-hydroxylation sites is 1. The van der Waals surface area contributed by atoms with E-state index < -0.39 is 0 Å². The molecule has 1 heterocycles. The number of benzene rings is 1. The first-order chi connectivity index (χ1) is 9.67. The van der Waals surface area contributed by atoms with E-state index in [0.717, 1.165) is 24.7 Å². The molecule has 1 fully saturated rings. The second kappa shape index (κ2) is 6.64. The van der Waals surface area contributed by atoms with Gasteiger partial charge in [-0.15, -0.1) is 0 Å². The molecule has 1 aromatic rings. The Labute approximate surface area is 120 Å². The summed E-state index contributed by atoms with van der Waals surface area (Å²) >= 11 is 0. The molecule has 2 N–H and O–H groups in total. The number of hydrogen-bond donors (Lipinski definition) is 1. The van der Waals surface area contributed by atoms with Gasteiger partial charge in [-0.05, 0) is 37.8 Å². The van der Waals surface area contributed by atoms with Gasteiger partial charge in [0, 0.05) is 13.1 Å². The van der Waals surface area contributed by atoms with Crippen LogP contribution in [0.3, 0.4) is 0 Å². The predicted octanol–water partition coefficient (Wildman–Crippen LogP) is 3.07. The van der Waals surface area contributed by atoms with Crippen LogP contribution in [0.2, 0.25) is 0 Å². The summed E-state index contributed by atoms with van der Waals surface area (Å²) in [6.07, 6.45) is 3.65. The average Bonchev–Trinajstić information content (AvgIpc) is 2.47. The van der Waals surface area contributed by atoms with Crippen molar-refractivity contribution in [2.75, 3.05) is 30.3 Å². The number of piperidine rings is 1. The van der Waals surface area contributed by atoms with Crippen LogP contribution in [0.15, 0.2) is 18.2 Å². The van der Waals surface area contributed by atoms with Crippen molar-refractivity contribution in [2.45, 2.75) is 33.1 Å². The molecule has 4 heteroatoms. The number of carbonyl (C=O) groups is 1. The number of nitrogens with two attached hydrogens (primary N) is 1. The van der Waals surface area contributed by atoms with Crippen molar-refractivity contribution in [3.63, 3.8) is 0 Å². The van der Waals surface area contributed by atoms with Crippen molar-refractivity contribution in [1.29, 1.82) is 0 Å². The summed E-state index contributed by atoms with van der Waals surface area (Å²) in [5, 5.41) is 0. The highest BCUT2D eigenvalue weighted by atomic mass is 16.5. The molecule has 0 bridgehead atoms. The average molecular weight is 276 g/mol. The number of esters is 1. The quantitative estimate of drug-likeness (QED) is 0.678. The van der Waals surface area contributed by atoms with Crippen LogP contribution >= 0.6 is 0 Å². The van der Waals surface area contributed by atoms with Gasteiger partial charge in [-0.2, -0.15) is 0 Å². The Morgan fingerprint density at radius 3 is 2.95 bits per heavy atom. The van der Waals surface area contributed by atoms with Crippen LogP contribution in [0, 0.1) is 5.92 Å². The van der Waals surface area contributed by atoms with Crippen LogP contribution in [-0.4, -0.2) is 25.7 Å². The highest BCUT2D eigenvalue weighted by molar-refractivity contribution is 5.98. The largest absolute Gasteiger partial charge is 0.462 e. The molecule has 0 spiro atoms. The van der Waals surface area contributed by atoms with E-state index in [-0.39, 0.29) is 5.97 Å². The normalized spacial score (nSPS) is 18.9. The molecule has 0 aliphatic carbocycles. The third-order valence-corrected chi connectivity index (χ3v) is 4.02. The van der Waals surface area contributed by atoms with Crippen molar-refractivity contribution in [1.82, 2.24) is 0 Å². The molecule has 0 radical (unpaired) electrons. The fraction of sp³-hybridized carbons (Fsp3) is 0.562. The Morgan fingerprint density at radius 2 is 2.25 bits per heavy atom. The fourth-order valence-electron chi connectivity index (χ4n) is 2.83. The molecule has 4 nitrogen and oxygen atoms in total. The van der Waals surface area contributed by atoms with Gasteiger partial charge >= 0.3 is 5.97 Å². The van der Waals surface area contributed by atoms with Crippen molar-refractivity contribution in [3.05, 3.63) is 23.8 Å². The Balaban J connectivity index is 2.24. The smallest absolute Gasteiger partial charge is 0.340 e. The van der Waals surface area contributed by atoms with Gasteiger partial charge in [0.15, 0.2) is 0 Å². The third-order valence-electron chi connectivity index (χ3n) is 4.02. The van der Waals surface area contributed by atoms with E-state index in [1.807, 2.05) is 12.1 Å². The Hall–Kier alpha value is -1.71. The van der Waals surface area contributed by atoms with E-state index in [1.54, 1.807) is 13.0 Å². The standard InChI is InChI=1S/C16H24N2O2/c1-3-12-7-6-10-18(11-12)14-9-5-8-13(15(14)17)16(19)20-4-2/h5,8-9,12H,3-4,6-7,10-11,17H2,1-2H3. The number of nitrogen functional groups attached to an aromatic ring is 1. The second-order valence-corrected chi connectivity index (χ2v) is 5.32. The van der Waals surface area contributed by atoms with Crippen LogP contribution in [-0.2, 0) is 4.74 Å². The Morgan fingerprint density at radius 1 is 1.45 bits per heavy atom. The van der Waals surface area contributed by atoms with E-state index in [9.17, 15) is 4.79 Å². The number of ether oxygens (including phenoxy) is 1. The van der Waals surface area contributed by atoms with Gasteiger partial charge < -0.3 is 15.4 Å². The predicted molar refractivity (Wildman–Crippen MR) is 82.0 cm³/mol. The molecule has 1 aliphatic heterocycles. The molecular formula is C16H24N2O2. The lowest BCUT2D eigenvalue weighted by Gasteiger charge is -2.35. The first kappa shape index (κ1) is 14.7. The number of anilines is 2. The molecular weight excluding hydrogens is 252 g/mol. The molecule has 0 amide bonds. The fourth-order valence-corrected chi connectivity index (χ4v) is 2.83. The summed E-state index contributed by atoms with van der Waals surface area (Å²) < 4.78 is 5.06. The van der Waals surface area contributed by atoms with Crippen LogP contribution < -0.4 is 10.6 Å². The molecule has 1 saturated heterocycles. The maximum absolute atomic E-state index is 11.9. The topological polar surface area (TPSA) is 55.6 Å². The van der Waals surface area contributed by atoms with E-state index in [1.165, 1.54) is 19.3 Å². The molecule has 1 unspecified atom stereocenters. The summed E-state index contributed by atoms with van der Waals surface area (Å²) in [4.78, 5) is 14.2. The Bertz CT molecular complexity index is 474. The monoisotopic (exact) mass is 276 g/mol. The van der Waals surface area contributed by atoms with Crippen LogP contribution in [0.1, 0.15) is 43.5 Å². The summed E-state index contributed by atoms with van der Waals surface area (Å²) in [6.45, 7) is 6.42. The van der Waals surface area contributed by atoms with Crippen LogP contribution in [0.5, 0.6) is 0 Å². The van der Waals surface area contributed by atoms with Crippen LogP contribution in [0.4, 0.5) is 11.4 Å². The SMILES string of the molecule is CCOC(=O)c1cccc(N2CCCC(CC)C2)c1N. The minimum atomic E-state index is -0.337. The summed E-state index contributed by atoms with van der Waals surface area (Å²) in [7, 11) is 0. The van der Waals surface area contributed by atoms with Gasteiger partial charge in [0.25, 0.3) is 0 Å². The minimum absolute atomic E-state index is 0.337. The third kappa shape index (κ3) is 3.06. The zero-order chi connectivity index (χ0) is 14.5. The van der Waals surface area contributed by atoms with Gasteiger partial charge in [0.1, 0.15) is 0 Å². The lowest BCUT2D eigenvalue weighted by atomic mass is 9.95. The van der Waals surface area contributed by atoms with Gasteiger partial charge in [-0.1, -0.05) is 19.4 Å². The maximum atomic E-state index is 11.9. The number of rotatable bonds is 4. The van der Waals surface area contributed by atoms with Gasteiger partial charge in [0.05, 0.1) is 23.5 Å². The lowest BCUT2D eigenvalue weighted by Crippen LogP contribution is -2.35. The van der Waals surface area contributed by atoms with Gasteiger partial charge in [-0.25, -0.2) is 4.79 Å². The van der Waals surface area contributed by atoms with E-state index in [4.69, 9.17) is 10.5 Å². The second-order valence-electron chi connectivity index (χ2n) is 5.32. The minimum Gasteiger partial charge on any atom is -0.462 e. The summed E-state index contributed by atoms with van der Waals surface area (Å²) in [5.41, 5.74) is 8.18. The molecule has 2 rings (SSSR count).